The minimum absolute atomic E-state index is 0.0324. The van der Waals surface area contributed by atoms with E-state index >= 15 is 0 Å². The fraction of sp³-hybridized carbons (Fsp3) is 0.455. The van der Waals surface area contributed by atoms with Gasteiger partial charge in [-0.15, -0.1) is 0 Å². The maximum atomic E-state index is 5.89. The molecule has 0 aliphatic carbocycles. The van der Waals surface area contributed by atoms with Crippen LogP contribution in [0.5, 0.6) is 5.75 Å². The van der Waals surface area contributed by atoms with Crippen LogP contribution in [0.2, 0.25) is 10.0 Å². The average Bonchev–Trinajstić information content (AvgIpc) is 2.70. The Balaban J connectivity index is 1.76. The molecule has 0 aromatic heterocycles. The van der Waals surface area contributed by atoms with E-state index in [9.17, 15) is 0 Å². The van der Waals surface area contributed by atoms with E-state index in [1.807, 2.05) is 0 Å². The molecule has 1 heterocycles. The Morgan fingerprint density at radius 3 is 2.76 bits per heavy atom. The number of nitrogens with one attached hydrogen (secondary N) is 2. The monoisotopic (exact) mass is 275 g/mol. The van der Waals surface area contributed by atoms with Crippen LogP contribution in [0.25, 0.3) is 0 Å². The van der Waals surface area contributed by atoms with Crippen LogP contribution in [0.3, 0.4) is 0 Å². The van der Waals surface area contributed by atoms with Crippen molar-refractivity contribution in [3.8, 4) is 5.75 Å². The molecule has 2 atom stereocenters. The summed E-state index contributed by atoms with van der Waals surface area (Å²) in [6.45, 7) is 0.615. The minimum atomic E-state index is 0.0324. The van der Waals surface area contributed by atoms with Crippen molar-refractivity contribution >= 4 is 23.2 Å². The normalized spacial score (nSPS) is 23.9. The van der Waals surface area contributed by atoms with Crippen molar-refractivity contribution < 1.29 is 4.74 Å². The minimum Gasteiger partial charge on any atom is -0.493 e. The Labute approximate surface area is 110 Å². The van der Waals surface area contributed by atoms with E-state index in [4.69, 9.17) is 33.7 Å². The topological polar surface area (TPSA) is 59.3 Å². The highest BCUT2D eigenvalue weighted by Gasteiger charge is 2.19. The van der Waals surface area contributed by atoms with Crippen molar-refractivity contribution in [2.45, 2.75) is 25.0 Å². The van der Waals surface area contributed by atoms with Crippen LogP contribution in [0.4, 0.5) is 0 Å². The molecule has 1 aromatic carbocycles. The van der Waals surface area contributed by atoms with Gasteiger partial charge in [0.15, 0.2) is 0 Å². The number of hydrazine groups is 1. The molecule has 0 spiro atoms. The molecule has 94 valence electrons. The van der Waals surface area contributed by atoms with Crippen molar-refractivity contribution in [1.29, 1.82) is 0 Å². The molecule has 0 amide bonds. The predicted molar refractivity (Wildman–Crippen MR) is 69.2 cm³/mol. The third-order valence-electron chi connectivity index (χ3n) is 2.64. The Morgan fingerprint density at radius 2 is 2.12 bits per heavy atom. The smallest absolute Gasteiger partial charge is 0.120 e. The number of hydrogen-bond acceptors (Lipinski definition) is 4. The maximum absolute atomic E-state index is 5.89. The molecule has 4 N–H and O–H groups in total. The van der Waals surface area contributed by atoms with E-state index in [0.29, 0.717) is 22.7 Å². The van der Waals surface area contributed by atoms with Crippen LogP contribution in [0, 0.1) is 0 Å². The van der Waals surface area contributed by atoms with Crippen molar-refractivity contribution in [1.82, 2.24) is 10.9 Å². The second-order valence-electron chi connectivity index (χ2n) is 4.04. The van der Waals surface area contributed by atoms with E-state index in [1.165, 1.54) is 0 Å². The van der Waals surface area contributed by atoms with Crippen molar-refractivity contribution in [2.24, 2.45) is 5.73 Å². The largest absolute Gasteiger partial charge is 0.493 e. The third-order valence-corrected chi connectivity index (χ3v) is 3.38. The second-order valence-corrected chi connectivity index (χ2v) is 4.86. The van der Waals surface area contributed by atoms with E-state index in [1.54, 1.807) is 18.2 Å². The fourth-order valence-corrected chi connectivity index (χ4v) is 2.01. The van der Waals surface area contributed by atoms with Gasteiger partial charge in [-0.3, -0.25) is 5.43 Å². The summed E-state index contributed by atoms with van der Waals surface area (Å²) in [5, 5.41) is 1.04. The zero-order valence-corrected chi connectivity index (χ0v) is 10.8. The van der Waals surface area contributed by atoms with E-state index in [2.05, 4.69) is 10.9 Å². The van der Waals surface area contributed by atoms with Crippen LogP contribution in [-0.4, -0.2) is 18.8 Å². The van der Waals surface area contributed by atoms with Gasteiger partial charge in [-0.05, 0) is 25.0 Å². The lowest BCUT2D eigenvalue weighted by Gasteiger charge is -2.11. The maximum Gasteiger partial charge on any atom is 0.120 e. The first-order valence-electron chi connectivity index (χ1n) is 5.49. The van der Waals surface area contributed by atoms with Gasteiger partial charge in [0, 0.05) is 12.1 Å². The van der Waals surface area contributed by atoms with Crippen molar-refractivity contribution in [2.75, 3.05) is 6.61 Å². The Bertz CT molecular complexity index is 389. The fourth-order valence-electron chi connectivity index (χ4n) is 1.72. The van der Waals surface area contributed by atoms with Crippen LogP contribution in [-0.2, 0) is 0 Å². The lowest BCUT2D eigenvalue weighted by molar-refractivity contribution is 0.290. The predicted octanol–water partition coefficient (Wildman–Crippen LogP) is 1.91. The molecule has 1 saturated heterocycles. The number of nitrogens with two attached hydrogens (primary N) is 1. The molecule has 0 bridgehead atoms. The molecule has 6 heteroatoms. The van der Waals surface area contributed by atoms with Gasteiger partial charge < -0.3 is 10.5 Å². The summed E-state index contributed by atoms with van der Waals surface area (Å²) in [5.74, 6) is 0.731. The summed E-state index contributed by atoms with van der Waals surface area (Å²) >= 11 is 11.7. The average molecular weight is 276 g/mol. The summed E-state index contributed by atoms with van der Waals surface area (Å²) in [6.07, 6.45) is 1.83. The second kappa shape index (κ2) is 5.89. The van der Waals surface area contributed by atoms with E-state index < -0.39 is 0 Å². The molecule has 4 nitrogen and oxygen atoms in total. The molecule has 1 aliphatic heterocycles. The van der Waals surface area contributed by atoms with Crippen molar-refractivity contribution in [3.05, 3.63) is 28.2 Å². The third kappa shape index (κ3) is 3.72. The highest BCUT2D eigenvalue weighted by molar-refractivity contribution is 6.42. The standard InChI is InChI=1S/C11H15Cl2N3O/c12-9-2-1-8(6-10(9)13)17-4-3-7-5-11(14)16-15-7/h1-2,6-7,11,15-16H,3-5,14H2. The number of halogens is 2. The Hall–Kier alpha value is -0.520. The van der Waals surface area contributed by atoms with Gasteiger partial charge in [-0.25, -0.2) is 5.43 Å². The van der Waals surface area contributed by atoms with Gasteiger partial charge in [0.1, 0.15) is 5.75 Å². The molecule has 2 unspecified atom stereocenters. The highest BCUT2D eigenvalue weighted by Crippen LogP contribution is 2.26. The number of ether oxygens (including phenoxy) is 1. The molecule has 1 aromatic rings. The SMILES string of the molecule is NC1CC(CCOc2ccc(Cl)c(Cl)c2)NN1. The van der Waals surface area contributed by atoms with E-state index in [0.717, 1.165) is 18.6 Å². The molecule has 0 radical (unpaired) electrons. The summed E-state index contributed by atoms with van der Waals surface area (Å²) < 4.78 is 5.59. The van der Waals surface area contributed by atoms with Crippen LogP contribution in [0.15, 0.2) is 18.2 Å². The van der Waals surface area contributed by atoms with Gasteiger partial charge in [0.2, 0.25) is 0 Å². The lowest BCUT2D eigenvalue weighted by atomic mass is 10.1. The quantitative estimate of drug-likeness (QED) is 0.786. The van der Waals surface area contributed by atoms with Gasteiger partial charge in [-0.1, -0.05) is 23.2 Å². The van der Waals surface area contributed by atoms with Crippen molar-refractivity contribution in [3.63, 3.8) is 0 Å². The van der Waals surface area contributed by atoms with Crippen LogP contribution < -0.4 is 21.3 Å². The summed E-state index contributed by atoms with van der Waals surface area (Å²) in [4.78, 5) is 0. The molecule has 1 fully saturated rings. The molecule has 17 heavy (non-hydrogen) atoms. The number of rotatable bonds is 4. The van der Waals surface area contributed by atoms with Crippen LogP contribution >= 0.6 is 23.2 Å². The summed E-state index contributed by atoms with van der Waals surface area (Å²) in [7, 11) is 0. The number of benzene rings is 1. The van der Waals surface area contributed by atoms with Crippen LogP contribution in [0.1, 0.15) is 12.8 Å². The van der Waals surface area contributed by atoms with Gasteiger partial charge in [-0.2, -0.15) is 0 Å². The first kappa shape index (κ1) is 12.9. The first-order chi connectivity index (χ1) is 8.15. The Morgan fingerprint density at radius 1 is 1.29 bits per heavy atom. The molecule has 0 saturated carbocycles. The lowest BCUT2D eigenvalue weighted by Crippen LogP contribution is -2.37. The summed E-state index contributed by atoms with van der Waals surface area (Å²) in [6, 6.07) is 5.61. The first-order valence-corrected chi connectivity index (χ1v) is 6.25. The van der Waals surface area contributed by atoms with Gasteiger partial charge in [0.25, 0.3) is 0 Å². The summed E-state index contributed by atoms with van der Waals surface area (Å²) in [5.41, 5.74) is 11.8. The molecule has 1 aliphatic rings. The van der Waals surface area contributed by atoms with Gasteiger partial charge >= 0.3 is 0 Å². The molecule has 2 rings (SSSR count). The van der Waals surface area contributed by atoms with Gasteiger partial charge in [0.05, 0.1) is 22.8 Å². The van der Waals surface area contributed by atoms with E-state index in [-0.39, 0.29) is 6.17 Å². The number of hydrogen-bond donors (Lipinski definition) is 3. The molecular weight excluding hydrogens is 261 g/mol. The molecular formula is C11H15Cl2N3O. The Kier molecular flexibility index (Phi) is 4.48. The highest BCUT2D eigenvalue weighted by atomic mass is 35.5. The zero-order chi connectivity index (χ0) is 12.3. The zero-order valence-electron chi connectivity index (χ0n) is 9.25.